The first kappa shape index (κ1) is 10.5. The molecule has 0 aromatic carbocycles. The maximum absolute atomic E-state index is 10.3. The molecule has 1 aromatic rings. The highest BCUT2D eigenvalue weighted by Crippen LogP contribution is 2.37. The summed E-state index contributed by atoms with van der Waals surface area (Å²) in [5, 5.41) is 10.3. The van der Waals surface area contributed by atoms with Crippen molar-refractivity contribution < 1.29 is 4.92 Å². The van der Waals surface area contributed by atoms with Crippen LogP contribution in [0.15, 0.2) is 18.2 Å². The predicted octanol–water partition coefficient (Wildman–Crippen LogP) is 2.82. The summed E-state index contributed by atoms with van der Waals surface area (Å²) in [4.78, 5) is 13.2. The number of hydrogen-bond donors (Lipinski definition) is 0. The van der Waals surface area contributed by atoms with E-state index in [-0.39, 0.29) is 11.5 Å². The molecule has 1 heterocycles. The molecule has 1 aromatic heterocycles. The zero-order valence-electron chi connectivity index (χ0n) is 6.08. The van der Waals surface area contributed by atoms with Gasteiger partial charge in [0, 0.05) is 6.07 Å². The minimum atomic E-state index is -1.73. The van der Waals surface area contributed by atoms with Gasteiger partial charge in [-0.05, 0) is 22.0 Å². The fraction of sp³-hybridized carbons (Fsp3) is 0.167. The van der Waals surface area contributed by atoms with Crippen LogP contribution in [-0.2, 0) is 3.79 Å². The summed E-state index contributed by atoms with van der Waals surface area (Å²) in [7, 11) is 0. The van der Waals surface area contributed by atoms with Crippen molar-refractivity contribution in [1.82, 2.24) is 4.98 Å². The van der Waals surface area contributed by atoms with Crippen LogP contribution >= 0.6 is 34.8 Å². The Hall–Kier alpha value is -0.580. The van der Waals surface area contributed by atoms with Crippen LogP contribution in [0.1, 0.15) is 5.69 Å². The maximum atomic E-state index is 10.3. The lowest BCUT2D eigenvalue weighted by molar-refractivity contribution is -0.389. The van der Waals surface area contributed by atoms with Crippen molar-refractivity contribution in [3.05, 3.63) is 34.0 Å². The predicted molar refractivity (Wildman–Crippen MR) is 50.1 cm³/mol. The maximum Gasteiger partial charge on any atom is 0.363 e. The van der Waals surface area contributed by atoms with E-state index in [4.69, 9.17) is 34.8 Å². The van der Waals surface area contributed by atoms with Crippen molar-refractivity contribution in [2.75, 3.05) is 0 Å². The van der Waals surface area contributed by atoms with Gasteiger partial charge < -0.3 is 10.1 Å². The van der Waals surface area contributed by atoms with Crippen LogP contribution in [0, 0.1) is 10.1 Å². The third kappa shape index (κ3) is 2.69. The summed E-state index contributed by atoms with van der Waals surface area (Å²) < 4.78 is -1.73. The first-order valence-corrected chi connectivity index (χ1v) is 4.23. The highest BCUT2D eigenvalue weighted by Gasteiger charge is 2.30. The lowest BCUT2D eigenvalue weighted by atomic mass is 10.4. The average molecular weight is 241 g/mol. The Bertz CT molecular complexity index is 337. The molecule has 13 heavy (non-hydrogen) atoms. The van der Waals surface area contributed by atoms with Gasteiger partial charge in [-0.1, -0.05) is 34.8 Å². The molecule has 0 aliphatic carbocycles. The highest BCUT2D eigenvalue weighted by molar-refractivity contribution is 6.66. The van der Waals surface area contributed by atoms with E-state index in [9.17, 15) is 10.1 Å². The third-order valence-electron chi connectivity index (χ3n) is 1.21. The van der Waals surface area contributed by atoms with Crippen molar-refractivity contribution in [1.29, 1.82) is 0 Å². The Morgan fingerprint density at radius 1 is 1.38 bits per heavy atom. The van der Waals surface area contributed by atoms with Gasteiger partial charge in [0.2, 0.25) is 5.69 Å². The molecule has 0 saturated heterocycles. The van der Waals surface area contributed by atoms with Crippen molar-refractivity contribution in [2.45, 2.75) is 3.79 Å². The molecule has 4 nitrogen and oxygen atoms in total. The lowest BCUT2D eigenvalue weighted by Crippen LogP contribution is -2.05. The molecule has 0 aliphatic rings. The third-order valence-corrected chi connectivity index (χ3v) is 1.79. The quantitative estimate of drug-likeness (QED) is 0.431. The van der Waals surface area contributed by atoms with Gasteiger partial charge in [-0.25, -0.2) is 0 Å². The number of alkyl halides is 3. The summed E-state index contributed by atoms with van der Waals surface area (Å²) in [5.41, 5.74) is 0.0340. The molecule has 0 saturated carbocycles. The van der Waals surface area contributed by atoms with E-state index in [1.54, 1.807) is 0 Å². The Morgan fingerprint density at radius 2 is 2.00 bits per heavy atom. The van der Waals surface area contributed by atoms with E-state index >= 15 is 0 Å². The van der Waals surface area contributed by atoms with Crippen LogP contribution < -0.4 is 0 Å². The Kier molecular flexibility index (Phi) is 2.95. The van der Waals surface area contributed by atoms with Gasteiger partial charge in [-0.3, -0.25) is 0 Å². The second kappa shape index (κ2) is 3.65. The van der Waals surface area contributed by atoms with Gasteiger partial charge in [-0.2, -0.15) is 0 Å². The van der Waals surface area contributed by atoms with Crippen LogP contribution in [-0.4, -0.2) is 9.91 Å². The largest absolute Gasteiger partial charge is 0.363 e. The molecule has 70 valence electrons. The molecular formula is C6H3Cl3N2O2. The molecule has 0 N–H and O–H groups in total. The van der Waals surface area contributed by atoms with Crippen molar-refractivity contribution in [3.63, 3.8) is 0 Å². The minimum absolute atomic E-state index is 0.0340. The summed E-state index contributed by atoms with van der Waals surface area (Å²) in [5.74, 6) is -0.344. The SMILES string of the molecule is O=[N+]([O-])c1cccc(C(Cl)(Cl)Cl)n1. The summed E-state index contributed by atoms with van der Waals surface area (Å²) >= 11 is 16.4. The van der Waals surface area contributed by atoms with Crippen LogP contribution in [0.25, 0.3) is 0 Å². The fourth-order valence-corrected chi connectivity index (χ4v) is 0.999. The fourth-order valence-electron chi connectivity index (χ4n) is 0.683. The second-order valence-electron chi connectivity index (χ2n) is 2.14. The zero-order valence-corrected chi connectivity index (χ0v) is 8.34. The van der Waals surface area contributed by atoms with E-state index in [2.05, 4.69) is 4.98 Å². The van der Waals surface area contributed by atoms with E-state index in [1.807, 2.05) is 0 Å². The zero-order chi connectivity index (χ0) is 10.1. The first-order valence-electron chi connectivity index (χ1n) is 3.10. The summed E-state index contributed by atoms with van der Waals surface area (Å²) in [6.07, 6.45) is 0. The van der Waals surface area contributed by atoms with Crippen molar-refractivity contribution in [3.8, 4) is 0 Å². The minimum Gasteiger partial charge on any atom is -0.358 e. The van der Waals surface area contributed by atoms with Crippen LogP contribution in [0.4, 0.5) is 5.82 Å². The summed E-state index contributed by atoms with van der Waals surface area (Å²) in [6, 6.07) is 4.03. The van der Waals surface area contributed by atoms with Crippen molar-refractivity contribution >= 4 is 40.6 Å². The molecule has 0 fully saturated rings. The molecule has 0 amide bonds. The second-order valence-corrected chi connectivity index (χ2v) is 4.42. The van der Waals surface area contributed by atoms with E-state index in [0.717, 1.165) is 0 Å². The monoisotopic (exact) mass is 240 g/mol. The van der Waals surface area contributed by atoms with Crippen LogP contribution in [0.3, 0.4) is 0 Å². The van der Waals surface area contributed by atoms with E-state index in [0.29, 0.717) is 0 Å². The van der Waals surface area contributed by atoms with Crippen molar-refractivity contribution in [2.24, 2.45) is 0 Å². The van der Waals surface area contributed by atoms with Crippen LogP contribution in [0.2, 0.25) is 0 Å². The lowest BCUT2D eigenvalue weighted by Gasteiger charge is -2.04. The Morgan fingerprint density at radius 3 is 2.46 bits per heavy atom. The normalized spacial score (nSPS) is 11.3. The molecule has 0 radical (unpaired) electrons. The Labute approximate surface area is 88.6 Å². The van der Waals surface area contributed by atoms with Gasteiger partial charge >= 0.3 is 5.82 Å². The number of nitro groups is 1. The highest BCUT2D eigenvalue weighted by atomic mass is 35.6. The molecular weight excluding hydrogens is 238 g/mol. The van der Waals surface area contributed by atoms with Gasteiger partial charge in [-0.15, -0.1) is 0 Å². The molecule has 0 spiro atoms. The first-order chi connectivity index (χ1) is 5.91. The smallest absolute Gasteiger partial charge is 0.358 e. The van der Waals surface area contributed by atoms with Gasteiger partial charge in [0.25, 0.3) is 3.79 Å². The topological polar surface area (TPSA) is 56.0 Å². The van der Waals surface area contributed by atoms with Gasteiger partial charge in [0.15, 0.2) is 0 Å². The molecule has 0 atom stereocenters. The molecule has 0 unspecified atom stereocenters. The molecule has 7 heteroatoms. The van der Waals surface area contributed by atoms with Crippen LogP contribution in [0.5, 0.6) is 0 Å². The number of pyridine rings is 1. The molecule has 1 rings (SSSR count). The van der Waals surface area contributed by atoms with Gasteiger partial charge in [0.05, 0.1) is 0 Å². The number of halogens is 3. The van der Waals surface area contributed by atoms with E-state index < -0.39 is 8.72 Å². The number of aromatic nitrogens is 1. The summed E-state index contributed by atoms with van der Waals surface area (Å²) in [6.45, 7) is 0. The number of hydrogen-bond acceptors (Lipinski definition) is 3. The number of nitrogens with zero attached hydrogens (tertiary/aromatic N) is 2. The van der Waals surface area contributed by atoms with Gasteiger partial charge in [0.1, 0.15) is 0 Å². The standard InChI is InChI=1S/C6H3Cl3N2O2/c7-6(8,9)4-2-1-3-5(10-4)11(12)13/h1-3H. The number of rotatable bonds is 1. The average Bonchev–Trinajstić information content (AvgIpc) is 2.03. The van der Waals surface area contributed by atoms with E-state index in [1.165, 1.54) is 18.2 Å². The molecule has 0 bridgehead atoms. The Balaban J connectivity index is 3.13. The molecule has 0 aliphatic heterocycles.